The summed E-state index contributed by atoms with van der Waals surface area (Å²) in [7, 11) is 0. The number of nitrogens with one attached hydrogen (secondary N) is 2. The fraction of sp³-hybridized carbons (Fsp3) is 0.0625. The summed E-state index contributed by atoms with van der Waals surface area (Å²) >= 11 is 0. The summed E-state index contributed by atoms with van der Waals surface area (Å²) in [6, 6.07) is 14.5. The van der Waals surface area contributed by atoms with Gasteiger partial charge in [-0.2, -0.15) is 10.6 Å². The Morgan fingerprint density at radius 1 is 1.09 bits per heavy atom. The number of aromatic hydroxyl groups is 1. The van der Waals surface area contributed by atoms with E-state index in [-0.39, 0.29) is 5.75 Å². The normalized spacial score (nSPS) is 10.6. The van der Waals surface area contributed by atoms with Crippen LogP contribution < -0.4 is 10.8 Å². The largest absolute Gasteiger partial charge is 0.508 e. The second-order valence-electron chi connectivity index (χ2n) is 5.04. The minimum absolute atomic E-state index is 0.242. The van der Waals surface area contributed by atoms with Crippen LogP contribution in [0.1, 0.15) is 5.56 Å². The number of phenols is 1. The number of aromatic amines is 1. The molecule has 0 amide bonds. The van der Waals surface area contributed by atoms with Crippen molar-refractivity contribution in [3.63, 3.8) is 0 Å². The number of benzene rings is 2. The molecule has 6 N–H and O–H groups in total. The van der Waals surface area contributed by atoms with Crippen molar-refractivity contribution in [2.75, 3.05) is 5.32 Å². The number of rotatable bonds is 4. The van der Waals surface area contributed by atoms with Gasteiger partial charge in [-0.15, -0.1) is 0 Å². The van der Waals surface area contributed by atoms with Crippen LogP contribution in [-0.4, -0.2) is 20.5 Å². The molecule has 3 rings (SSSR count). The zero-order valence-corrected chi connectivity index (χ0v) is 12.0. The van der Waals surface area contributed by atoms with Crippen molar-refractivity contribution in [3.05, 3.63) is 54.1 Å². The summed E-state index contributed by atoms with van der Waals surface area (Å²) in [5.74, 6) is 0.938. The van der Waals surface area contributed by atoms with Crippen LogP contribution in [0.4, 0.5) is 17.2 Å². The van der Waals surface area contributed by atoms with Crippen LogP contribution in [0.3, 0.4) is 0 Å². The van der Waals surface area contributed by atoms with Gasteiger partial charge in [0.05, 0.1) is 5.69 Å². The summed E-state index contributed by atoms with van der Waals surface area (Å²) in [6.45, 7) is 1.92. The lowest BCUT2D eigenvalue weighted by molar-refractivity contribution is -0.825. The molecule has 0 atom stereocenters. The highest BCUT2D eigenvalue weighted by Crippen LogP contribution is 2.26. The molecule has 112 valence electrons. The lowest BCUT2D eigenvalue weighted by atomic mass is 10.1. The van der Waals surface area contributed by atoms with Crippen LogP contribution in [-0.2, 0) is 0 Å². The summed E-state index contributed by atoms with van der Waals surface area (Å²) in [6.07, 6.45) is 0. The van der Waals surface area contributed by atoms with Crippen molar-refractivity contribution in [1.29, 1.82) is 0 Å². The van der Waals surface area contributed by atoms with E-state index in [0.717, 1.165) is 33.7 Å². The molecule has 22 heavy (non-hydrogen) atoms. The van der Waals surface area contributed by atoms with E-state index in [1.54, 1.807) is 12.1 Å². The summed E-state index contributed by atoms with van der Waals surface area (Å²) in [5.41, 5.74) is 5.50. The molecule has 0 aliphatic heterocycles. The Labute approximate surface area is 127 Å². The third-order valence-electron chi connectivity index (χ3n) is 3.42. The van der Waals surface area contributed by atoms with Gasteiger partial charge in [0.1, 0.15) is 5.75 Å². The summed E-state index contributed by atoms with van der Waals surface area (Å²) in [5, 5.41) is 28.8. The highest BCUT2D eigenvalue weighted by atomic mass is 16.5. The van der Waals surface area contributed by atoms with Gasteiger partial charge in [0, 0.05) is 29.4 Å². The molecule has 6 nitrogen and oxygen atoms in total. The highest BCUT2D eigenvalue weighted by molar-refractivity contribution is 5.68. The van der Waals surface area contributed by atoms with Crippen LogP contribution in [0.2, 0.25) is 0 Å². The van der Waals surface area contributed by atoms with E-state index in [4.69, 9.17) is 5.21 Å². The zero-order chi connectivity index (χ0) is 15.5. The van der Waals surface area contributed by atoms with Crippen LogP contribution in [0, 0.1) is 6.92 Å². The number of hydrogen-bond donors (Lipinski definition) is 5. The summed E-state index contributed by atoms with van der Waals surface area (Å²) in [4.78, 5) is 0. The fourth-order valence-electron chi connectivity index (χ4n) is 2.21. The van der Waals surface area contributed by atoms with E-state index >= 15 is 0 Å². The lowest BCUT2D eigenvalue weighted by Gasteiger charge is -2.06. The quantitative estimate of drug-likeness (QED) is 0.290. The monoisotopic (exact) mass is 297 g/mol. The number of nitrogens with two attached hydrogens (primary N) is 1. The average molecular weight is 297 g/mol. The molecule has 0 saturated carbocycles. The van der Waals surface area contributed by atoms with E-state index in [1.807, 2.05) is 43.3 Å². The molecule has 0 bridgehead atoms. The van der Waals surface area contributed by atoms with E-state index in [2.05, 4.69) is 15.5 Å². The maximum absolute atomic E-state index is 9.43. The molecule has 1 aromatic heterocycles. The molecule has 0 radical (unpaired) electrons. The van der Waals surface area contributed by atoms with Crippen molar-refractivity contribution < 1.29 is 15.8 Å². The number of nitrogens with zero attached hydrogens (tertiary/aromatic N) is 1. The van der Waals surface area contributed by atoms with Crippen molar-refractivity contribution in [1.82, 2.24) is 10.2 Å². The molecule has 1 heterocycles. The van der Waals surface area contributed by atoms with Gasteiger partial charge in [0.15, 0.2) is 11.5 Å². The van der Waals surface area contributed by atoms with E-state index in [9.17, 15) is 5.11 Å². The van der Waals surface area contributed by atoms with Crippen molar-refractivity contribution in [2.45, 2.75) is 6.92 Å². The van der Waals surface area contributed by atoms with Crippen LogP contribution in [0.15, 0.2) is 48.5 Å². The van der Waals surface area contributed by atoms with Gasteiger partial charge in [-0.1, -0.05) is 0 Å². The molecule has 3 aromatic rings. The standard InChI is InChI=1S/C16H16N4O2/c1-10-8-13(21)6-7-14(10)17-16-9-15(18-19-16)11-2-4-12(20-22)5-3-11/h2-9,20-22H,1H3,(H2,17,18,19)/p+1. The minimum Gasteiger partial charge on any atom is -0.508 e. The molecule has 6 heteroatoms. The van der Waals surface area contributed by atoms with E-state index in [1.165, 1.54) is 0 Å². The molecule has 2 aromatic carbocycles. The lowest BCUT2D eigenvalue weighted by Crippen LogP contribution is -2.73. The van der Waals surface area contributed by atoms with Crippen molar-refractivity contribution in [2.24, 2.45) is 0 Å². The predicted octanol–water partition coefficient (Wildman–Crippen LogP) is 2.42. The third kappa shape index (κ3) is 2.93. The first-order valence-corrected chi connectivity index (χ1v) is 6.85. The SMILES string of the molecule is Cc1cc(O)ccc1Nc1cc(-c2ccc([NH2+]O)cc2)[nH]n1. The number of anilines is 2. The van der Waals surface area contributed by atoms with E-state index in [0.29, 0.717) is 5.82 Å². The Morgan fingerprint density at radius 2 is 1.86 bits per heavy atom. The zero-order valence-electron chi connectivity index (χ0n) is 12.0. The second kappa shape index (κ2) is 5.88. The molecule has 0 aliphatic carbocycles. The topological polar surface area (TPSA) is 97.8 Å². The number of phenolic OH excluding ortho intramolecular Hbond substituents is 1. The second-order valence-corrected chi connectivity index (χ2v) is 5.04. The van der Waals surface area contributed by atoms with Crippen molar-refractivity contribution in [3.8, 4) is 17.0 Å². The van der Waals surface area contributed by atoms with E-state index < -0.39 is 0 Å². The summed E-state index contributed by atoms with van der Waals surface area (Å²) < 4.78 is 0. The first kappa shape index (κ1) is 14.1. The molecule has 0 aliphatic rings. The third-order valence-corrected chi connectivity index (χ3v) is 3.42. The molecule has 0 saturated heterocycles. The number of aryl methyl sites for hydroxylation is 1. The fourth-order valence-corrected chi connectivity index (χ4v) is 2.21. The molecular formula is C16H17N4O2+. The first-order valence-electron chi connectivity index (χ1n) is 6.85. The van der Waals surface area contributed by atoms with Crippen LogP contribution >= 0.6 is 0 Å². The number of quaternary nitrogens is 1. The maximum atomic E-state index is 9.43. The Hall–Kier alpha value is -2.83. The van der Waals surface area contributed by atoms with Gasteiger partial charge in [0.25, 0.3) is 0 Å². The Morgan fingerprint density at radius 3 is 2.55 bits per heavy atom. The Kier molecular flexibility index (Phi) is 3.78. The number of hydrogen-bond acceptors (Lipinski definition) is 4. The first-order chi connectivity index (χ1) is 10.7. The Bertz CT molecular complexity index is 781. The minimum atomic E-state index is 0.242. The van der Waals surface area contributed by atoms with Gasteiger partial charge in [0.2, 0.25) is 0 Å². The highest BCUT2D eigenvalue weighted by Gasteiger charge is 2.06. The molecular weight excluding hydrogens is 280 g/mol. The molecule has 0 fully saturated rings. The maximum Gasteiger partial charge on any atom is 0.161 e. The van der Waals surface area contributed by atoms with Crippen molar-refractivity contribution >= 4 is 17.2 Å². The number of H-pyrrole nitrogens is 1. The van der Waals surface area contributed by atoms with Crippen LogP contribution in [0.25, 0.3) is 11.3 Å². The number of aromatic nitrogens is 2. The molecule has 0 unspecified atom stereocenters. The van der Waals surface area contributed by atoms with Gasteiger partial charge < -0.3 is 10.4 Å². The van der Waals surface area contributed by atoms with Gasteiger partial charge >= 0.3 is 0 Å². The van der Waals surface area contributed by atoms with Crippen LogP contribution in [0.5, 0.6) is 5.75 Å². The Balaban J connectivity index is 1.81. The average Bonchev–Trinajstić information content (AvgIpc) is 2.99. The molecule has 0 spiro atoms. The smallest absolute Gasteiger partial charge is 0.161 e. The predicted molar refractivity (Wildman–Crippen MR) is 83.5 cm³/mol. The van der Waals surface area contributed by atoms with Gasteiger partial charge in [-0.3, -0.25) is 5.10 Å². The van der Waals surface area contributed by atoms with Gasteiger partial charge in [-0.25, -0.2) is 5.21 Å². The van der Waals surface area contributed by atoms with Gasteiger partial charge in [-0.05, 0) is 42.8 Å².